The number of azo groups is 1. The van der Waals surface area contributed by atoms with E-state index in [1.54, 1.807) is 18.2 Å². The quantitative estimate of drug-likeness (QED) is 0.348. The Labute approximate surface area is 134 Å². The first-order valence-electron chi connectivity index (χ1n) is 7.09. The molecule has 0 heterocycles. The van der Waals surface area contributed by atoms with Crippen molar-refractivity contribution in [1.82, 2.24) is 10.6 Å². The fraction of sp³-hybridized carbons (Fsp3) is 0.222. The van der Waals surface area contributed by atoms with Gasteiger partial charge in [0.25, 0.3) is 0 Å². The van der Waals surface area contributed by atoms with Gasteiger partial charge in [0.15, 0.2) is 0 Å². The molecule has 0 atom stereocenters. The third-order valence-corrected chi connectivity index (χ3v) is 2.72. The zero-order valence-electron chi connectivity index (χ0n) is 13.8. The van der Waals surface area contributed by atoms with Gasteiger partial charge in [-0.15, -0.1) is 0 Å². The molecule has 4 nitrogen and oxygen atoms in total. The van der Waals surface area contributed by atoms with Crippen LogP contribution in [0.2, 0.25) is 0 Å². The average molecular weight is 298 g/mol. The molecule has 0 fully saturated rings. The molecule has 0 aromatic carbocycles. The van der Waals surface area contributed by atoms with Gasteiger partial charge in [-0.1, -0.05) is 31.9 Å². The van der Waals surface area contributed by atoms with E-state index >= 15 is 0 Å². The van der Waals surface area contributed by atoms with Gasteiger partial charge >= 0.3 is 0 Å². The van der Waals surface area contributed by atoms with Crippen LogP contribution in [0.4, 0.5) is 0 Å². The lowest BCUT2D eigenvalue weighted by atomic mass is 10.3. The SMILES string of the molecule is C=CC(=C\C=C(/C=C)NCN/C(C=C)=C/C)/N=N\C(C)=C\C. The Bertz CT molecular complexity index is 531. The van der Waals surface area contributed by atoms with Crippen LogP contribution in [0.5, 0.6) is 0 Å². The second-order valence-corrected chi connectivity index (χ2v) is 4.23. The van der Waals surface area contributed by atoms with Gasteiger partial charge in [-0.2, -0.15) is 10.2 Å². The van der Waals surface area contributed by atoms with Crippen molar-refractivity contribution in [1.29, 1.82) is 0 Å². The van der Waals surface area contributed by atoms with Crippen molar-refractivity contribution < 1.29 is 0 Å². The standard InChI is InChI=1S/C18H26N4/c1-7-15(6)21-22-18(11-5)13-12-17(10-4)20-14-19-16(8-2)9-3/h7-13,19-20H,2,4-5,14H2,1,3,6H3/b15-7+,16-9+,17-12+,18-13+,22-21-. The third kappa shape index (κ3) is 8.53. The summed E-state index contributed by atoms with van der Waals surface area (Å²) in [4.78, 5) is 0. The van der Waals surface area contributed by atoms with E-state index < -0.39 is 0 Å². The van der Waals surface area contributed by atoms with E-state index in [4.69, 9.17) is 0 Å². The van der Waals surface area contributed by atoms with Crippen LogP contribution >= 0.6 is 0 Å². The second kappa shape index (κ2) is 12.1. The Morgan fingerprint density at radius 1 is 0.864 bits per heavy atom. The monoisotopic (exact) mass is 298 g/mol. The minimum Gasteiger partial charge on any atom is -0.368 e. The largest absolute Gasteiger partial charge is 0.368 e. The van der Waals surface area contributed by atoms with Gasteiger partial charge in [0.1, 0.15) is 0 Å². The fourth-order valence-corrected chi connectivity index (χ4v) is 1.25. The number of allylic oxidation sites excluding steroid dienone is 8. The Balaban J connectivity index is 4.77. The molecule has 2 N–H and O–H groups in total. The van der Waals surface area contributed by atoms with Crippen molar-refractivity contribution >= 4 is 0 Å². The molecule has 0 rings (SSSR count). The molecule has 0 aliphatic heterocycles. The van der Waals surface area contributed by atoms with Gasteiger partial charge in [0.2, 0.25) is 0 Å². The predicted molar refractivity (Wildman–Crippen MR) is 95.9 cm³/mol. The molecule has 0 radical (unpaired) electrons. The molecule has 0 saturated heterocycles. The topological polar surface area (TPSA) is 48.8 Å². The Kier molecular flexibility index (Phi) is 10.7. The number of nitrogens with one attached hydrogen (secondary N) is 2. The average Bonchev–Trinajstić information content (AvgIpc) is 2.56. The summed E-state index contributed by atoms with van der Waals surface area (Å²) in [5, 5.41) is 14.6. The fourth-order valence-electron chi connectivity index (χ4n) is 1.25. The summed E-state index contributed by atoms with van der Waals surface area (Å²) in [7, 11) is 0. The normalized spacial score (nSPS) is 14.0. The Hall–Kier alpha value is -2.62. The van der Waals surface area contributed by atoms with Gasteiger partial charge < -0.3 is 10.6 Å². The molecular formula is C18H26N4. The van der Waals surface area contributed by atoms with Gasteiger partial charge in [0, 0.05) is 11.4 Å². The molecule has 0 saturated carbocycles. The van der Waals surface area contributed by atoms with E-state index in [1.165, 1.54) is 0 Å². The molecular weight excluding hydrogens is 272 g/mol. The highest BCUT2D eigenvalue weighted by Gasteiger charge is 1.92. The zero-order valence-corrected chi connectivity index (χ0v) is 13.8. The first kappa shape index (κ1) is 19.4. The molecule has 0 aromatic rings. The van der Waals surface area contributed by atoms with E-state index in [0.717, 1.165) is 17.1 Å². The van der Waals surface area contributed by atoms with Crippen LogP contribution in [0.1, 0.15) is 20.8 Å². The van der Waals surface area contributed by atoms with E-state index in [2.05, 4.69) is 40.6 Å². The number of hydrogen-bond donors (Lipinski definition) is 2. The highest BCUT2D eigenvalue weighted by atomic mass is 15.1. The summed E-state index contributed by atoms with van der Waals surface area (Å²) in [6.07, 6.45) is 12.7. The molecule has 4 heteroatoms. The maximum absolute atomic E-state index is 4.11. The number of hydrogen-bond acceptors (Lipinski definition) is 4. The lowest BCUT2D eigenvalue weighted by molar-refractivity contribution is 0.729. The van der Waals surface area contributed by atoms with Crippen LogP contribution in [0.15, 0.2) is 95.3 Å². The minimum atomic E-state index is 0.569. The predicted octanol–water partition coefficient (Wildman–Crippen LogP) is 4.73. The van der Waals surface area contributed by atoms with Crippen LogP contribution in [0, 0.1) is 0 Å². The first-order chi connectivity index (χ1) is 10.6. The molecule has 118 valence electrons. The summed E-state index contributed by atoms with van der Waals surface area (Å²) in [5.41, 5.74) is 3.36. The smallest absolute Gasteiger partial charge is 0.0851 e. The molecule has 0 aliphatic rings. The van der Waals surface area contributed by atoms with E-state index in [9.17, 15) is 0 Å². The summed E-state index contributed by atoms with van der Waals surface area (Å²) in [5.74, 6) is 0. The van der Waals surface area contributed by atoms with E-state index in [0.29, 0.717) is 12.4 Å². The van der Waals surface area contributed by atoms with Gasteiger partial charge in [0.05, 0.1) is 18.1 Å². The maximum atomic E-state index is 4.11. The highest BCUT2D eigenvalue weighted by Crippen LogP contribution is 2.05. The second-order valence-electron chi connectivity index (χ2n) is 4.23. The number of rotatable bonds is 10. The maximum Gasteiger partial charge on any atom is 0.0851 e. The molecule has 0 aromatic heterocycles. The molecule has 0 unspecified atom stereocenters. The summed E-state index contributed by atoms with van der Waals surface area (Å²) in [6.45, 7) is 17.6. The first-order valence-corrected chi connectivity index (χ1v) is 7.09. The van der Waals surface area contributed by atoms with Crippen molar-refractivity contribution in [2.75, 3.05) is 6.67 Å². The lowest BCUT2D eigenvalue weighted by Crippen LogP contribution is -2.26. The summed E-state index contributed by atoms with van der Waals surface area (Å²) in [6, 6.07) is 0. The van der Waals surface area contributed by atoms with Crippen molar-refractivity contribution in [2.45, 2.75) is 20.8 Å². The van der Waals surface area contributed by atoms with E-state index in [1.807, 2.05) is 45.1 Å². The van der Waals surface area contributed by atoms with Crippen molar-refractivity contribution in [3.63, 3.8) is 0 Å². The van der Waals surface area contributed by atoms with Crippen LogP contribution < -0.4 is 10.6 Å². The van der Waals surface area contributed by atoms with Crippen LogP contribution in [0.3, 0.4) is 0 Å². The van der Waals surface area contributed by atoms with Gasteiger partial charge in [-0.3, -0.25) is 0 Å². The van der Waals surface area contributed by atoms with E-state index in [-0.39, 0.29) is 0 Å². The molecule has 22 heavy (non-hydrogen) atoms. The lowest BCUT2D eigenvalue weighted by Gasteiger charge is -2.09. The molecule has 0 bridgehead atoms. The zero-order chi connectivity index (χ0) is 16.8. The summed E-state index contributed by atoms with van der Waals surface area (Å²) < 4.78 is 0. The highest BCUT2D eigenvalue weighted by molar-refractivity contribution is 5.27. The van der Waals surface area contributed by atoms with Crippen molar-refractivity contribution in [3.8, 4) is 0 Å². The van der Waals surface area contributed by atoms with Crippen molar-refractivity contribution in [3.05, 3.63) is 85.1 Å². The van der Waals surface area contributed by atoms with Gasteiger partial charge in [-0.05, 0) is 51.2 Å². The summed E-state index contributed by atoms with van der Waals surface area (Å²) >= 11 is 0. The third-order valence-electron chi connectivity index (χ3n) is 2.72. The Morgan fingerprint density at radius 3 is 2.00 bits per heavy atom. The van der Waals surface area contributed by atoms with Crippen molar-refractivity contribution in [2.24, 2.45) is 10.2 Å². The minimum absolute atomic E-state index is 0.569. The Morgan fingerprint density at radius 2 is 1.50 bits per heavy atom. The van der Waals surface area contributed by atoms with Crippen LogP contribution in [0.25, 0.3) is 0 Å². The molecule has 0 aliphatic carbocycles. The van der Waals surface area contributed by atoms with Crippen LogP contribution in [-0.2, 0) is 0 Å². The molecule has 0 spiro atoms. The number of nitrogens with zero attached hydrogens (tertiary/aromatic N) is 2. The van der Waals surface area contributed by atoms with Crippen LogP contribution in [-0.4, -0.2) is 6.67 Å². The molecule has 0 amide bonds. The van der Waals surface area contributed by atoms with Gasteiger partial charge in [-0.25, -0.2) is 0 Å².